The summed E-state index contributed by atoms with van der Waals surface area (Å²) in [6, 6.07) is 60.2. The fourth-order valence-corrected chi connectivity index (χ4v) is 6.24. The molecule has 0 saturated heterocycles. The molecule has 0 N–H and O–H groups in total. The predicted octanol–water partition coefficient (Wildman–Crippen LogP) is 12.5. The van der Waals surface area contributed by atoms with E-state index in [9.17, 15) is 0 Å². The Hall–Kier alpha value is -6.12. The molecule has 47 heavy (non-hydrogen) atoms. The third-order valence-corrected chi connectivity index (χ3v) is 8.43. The summed E-state index contributed by atoms with van der Waals surface area (Å²) in [4.78, 5) is 4.65. The van der Waals surface area contributed by atoms with E-state index < -0.39 is 0 Å². The van der Waals surface area contributed by atoms with Crippen LogP contribution in [0.25, 0.3) is 21.5 Å². The van der Waals surface area contributed by atoms with E-state index in [1.165, 1.54) is 27.1 Å². The normalized spacial score (nSPS) is 11.6. The van der Waals surface area contributed by atoms with E-state index in [2.05, 4.69) is 204 Å². The van der Waals surface area contributed by atoms with E-state index in [4.69, 9.17) is 0 Å². The highest BCUT2D eigenvalue weighted by Gasteiger charge is 2.16. The zero-order valence-electron chi connectivity index (χ0n) is 26.3. The molecule has 0 atom stereocenters. The molecule has 0 spiro atoms. The largest absolute Gasteiger partial charge is 0.310 e. The molecule has 0 radical (unpaired) electrons. The number of hydrogen-bond donors (Lipinski definition) is 0. The second-order valence-electron chi connectivity index (χ2n) is 11.4. The molecule has 0 aromatic heterocycles. The quantitative estimate of drug-likeness (QED) is 0.143. The summed E-state index contributed by atoms with van der Waals surface area (Å²) in [6.07, 6.45) is 9.19. The lowest BCUT2D eigenvalue weighted by atomic mass is 10.1. The highest BCUT2D eigenvalue weighted by molar-refractivity contribution is 5.99. The van der Waals surface area contributed by atoms with Crippen LogP contribution < -0.4 is 9.80 Å². The maximum atomic E-state index is 4.05. The minimum absolute atomic E-state index is 0.798. The number of rotatable bonds is 10. The molecule has 2 nitrogen and oxygen atoms in total. The van der Waals surface area contributed by atoms with Crippen molar-refractivity contribution in [1.29, 1.82) is 0 Å². The van der Waals surface area contributed by atoms with E-state index in [1.807, 2.05) is 6.08 Å². The van der Waals surface area contributed by atoms with Gasteiger partial charge in [-0.05, 0) is 83.4 Å². The Labute approximate surface area is 277 Å². The molecule has 7 aromatic rings. The summed E-state index contributed by atoms with van der Waals surface area (Å²) in [5.74, 6) is 0. The van der Waals surface area contributed by atoms with Gasteiger partial charge in [-0.15, -0.1) is 0 Å². The van der Waals surface area contributed by atoms with Crippen molar-refractivity contribution < 1.29 is 0 Å². The highest BCUT2D eigenvalue weighted by Crippen LogP contribution is 2.39. The van der Waals surface area contributed by atoms with Crippen LogP contribution in [0.15, 0.2) is 206 Å². The Morgan fingerprint density at radius 1 is 0.489 bits per heavy atom. The topological polar surface area (TPSA) is 6.48 Å². The van der Waals surface area contributed by atoms with Gasteiger partial charge in [0.05, 0.1) is 11.4 Å². The molecule has 0 amide bonds. The summed E-state index contributed by atoms with van der Waals surface area (Å²) in [5.41, 5.74) is 7.93. The molecule has 0 fully saturated rings. The van der Waals surface area contributed by atoms with Crippen LogP contribution in [0.2, 0.25) is 0 Å². The number of anilines is 5. The van der Waals surface area contributed by atoms with Crippen LogP contribution in [0, 0.1) is 0 Å². The van der Waals surface area contributed by atoms with Gasteiger partial charge in [0.2, 0.25) is 0 Å². The Kier molecular flexibility index (Phi) is 8.74. The van der Waals surface area contributed by atoms with Crippen LogP contribution in [0.4, 0.5) is 28.4 Å². The van der Waals surface area contributed by atoms with Crippen molar-refractivity contribution in [3.63, 3.8) is 0 Å². The van der Waals surface area contributed by atoms with Crippen molar-refractivity contribution in [3.8, 4) is 0 Å². The monoisotopic (exact) mass is 604 g/mol. The number of hydrogen-bond acceptors (Lipinski definition) is 2. The zero-order valence-corrected chi connectivity index (χ0v) is 26.3. The van der Waals surface area contributed by atoms with Crippen LogP contribution in [0.5, 0.6) is 0 Å². The van der Waals surface area contributed by atoms with E-state index in [0.29, 0.717) is 0 Å². The first-order valence-electron chi connectivity index (χ1n) is 16.0. The van der Waals surface area contributed by atoms with Gasteiger partial charge in [-0.2, -0.15) is 0 Å². The molecule has 226 valence electrons. The van der Waals surface area contributed by atoms with Gasteiger partial charge in [0.25, 0.3) is 0 Å². The molecule has 2 heteroatoms. The second kappa shape index (κ2) is 13.9. The number of para-hydroxylation sites is 2. The summed E-state index contributed by atoms with van der Waals surface area (Å²) >= 11 is 0. The van der Waals surface area contributed by atoms with Crippen molar-refractivity contribution in [2.24, 2.45) is 0 Å². The Bertz CT molecular complexity index is 2170. The third-order valence-electron chi connectivity index (χ3n) is 8.43. The van der Waals surface area contributed by atoms with E-state index >= 15 is 0 Å². The average molecular weight is 605 g/mol. The molecule has 0 heterocycles. The minimum Gasteiger partial charge on any atom is -0.310 e. The fraction of sp³-hybridized carbons (Fsp3) is 0.0222. The summed E-state index contributed by atoms with van der Waals surface area (Å²) < 4.78 is 0. The number of allylic oxidation sites excluding steroid dienone is 4. The number of fused-ring (bicyclic) bond motifs is 2. The molecular weight excluding hydrogens is 569 g/mol. The van der Waals surface area contributed by atoms with Crippen LogP contribution in [-0.4, -0.2) is 0 Å². The Balaban J connectivity index is 1.20. The van der Waals surface area contributed by atoms with Gasteiger partial charge in [0.15, 0.2) is 0 Å². The second-order valence-corrected chi connectivity index (χ2v) is 11.4. The number of benzene rings is 7. The average Bonchev–Trinajstić information content (AvgIpc) is 3.14. The lowest BCUT2D eigenvalue weighted by Gasteiger charge is -2.27. The Morgan fingerprint density at radius 2 is 1.00 bits per heavy atom. The standard InChI is InChI=1S/C45H36N2/c1-2-16-38(46(39-22-5-3-6-23-39)44-29-14-20-36-18-9-11-27-42(36)44)26-13-17-35-31-33-41(34-32-35)47(40-24-7-4-8-25-40)45-30-15-21-37-19-10-12-28-43(37)45/h2-16,18-34H,1,17H2/b26-13-,38-16+. The minimum atomic E-state index is 0.798. The smallest absolute Gasteiger partial charge is 0.0540 e. The van der Waals surface area contributed by atoms with Gasteiger partial charge in [0.1, 0.15) is 0 Å². The fourth-order valence-electron chi connectivity index (χ4n) is 6.24. The SMILES string of the molecule is C=C/C=C(\C=C/Cc1ccc(N(c2ccccc2)c2cccc3ccccc23)cc1)N(c1ccccc1)c1cccc2ccccc12. The van der Waals surface area contributed by atoms with E-state index in [0.717, 1.165) is 40.6 Å². The molecular formula is C45H36N2. The Morgan fingerprint density at radius 3 is 1.64 bits per heavy atom. The van der Waals surface area contributed by atoms with Crippen LogP contribution >= 0.6 is 0 Å². The van der Waals surface area contributed by atoms with Crippen LogP contribution in [0.3, 0.4) is 0 Å². The predicted molar refractivity (Wildman–Crippen MR) is 202 cm³/mol. The first-order valence-corrected chi connectivity index (χ1v) is 16.0. The van der Waals surface area contributed by atoms with Crippen molar-refractivity contribution in [2.75, 3.05) is 9.80 Å². The lowest BCUT2D eigenvalue weighted by molar-refractivity contribution is 1.19. The van der Waals surface area contributed by atoms with E-state index in [1.54, 1.807) is 0 Å². The maximum Gasteiger partial charge on any atom is 0.0540 e. The lowest BCUT2D eigenvalue weighted by Crippen LogP contribution is -2.15. The van der Waals surface area contributed by atoms with Gasteiger partial charge >= 0.3 is 0 Å². The molecule has 0 bridgehead atoms. The van der Waals surface area contributed by atoms with Crippen molar-refractivity contribution in [3.05, 3.63) is 212 Å². The van der Waals surface area contributed by atoms with Crippen molar-refractivity contribution >= 4 is 50.0 Å². The summed E-state index contributed by atoms with van der Waals surface area (Å²) in [6.45, 7) is 4.05. The first-order chi connectivity index (χ1) is 23.3. The molecule has 0 aliphatic heterocycles. The highest BCUT2D eigenvalue weighted by atomic mass is 15.2. The van der Waals surface area contributed by atoms with Crippen LogP contribution in [-0.2, 0) is 6.42 Å². The van der Waals surface area contributed by atoms with Crippen LogP contribution in [0.1, 0.15) is 5.56 Å². The van der Waals surface area contributed by atoms with Gasteiger partial charge in [0, 0.05) is 33.5 Å². The van der Waals surface area contributed by atoms with Crippen molar-refractivity contribution in [2.45, 2.75) is 6.42 Å². The molecule has 0 saturated carbocycles. The molecule has 7 rings (SSSR count). The van der Waals surface area contributed by atoms with Gasteiger partial charge in [-0.1, -0.05) is 140 Å². The summed E-state index contributed by atoms with van der Waals surface area (Å²) in [5, 5.41) is 4.86. The molecule has 0 unspecified atom stereocenters. The third kappa shape index (κ3) is 6.36. The van der Waals surface area contributed by atoms with Gasteiger partial charge in [-0.25, -0.2) is 0 Å². The van der Waals surface area contributed by atoms with E-state index in [-0.39, 0.29) is 0 Å². The molecule has 0 aliphatic rings. The maximum absolute atomic E-state index is 4.05. The molecule has 0 aliphatic carbocycles. The molecule has 7 aromatic carbocycles. The zero-order chi connectivity index (χ0) is 31.8. The first kappa shape index (κ1) is 29.6. The van der Waals surface area contributed by atoms with Gasteiger partial charge < -0.3 is 9.80 Å². The van der Waals surface area contributed by atoms with Gasteiger partial charge in [-0.3, -0.25) is 0 Å². The summed E-state index contributed by atoms with van der Waals surface area (Å²) in [7, 11) is 0. The number of nitrogens with zero attached hydrogens (tertiary/aromatic N) is 2. The van der Waals surface area contributed by atoms with Crippen molar-refractivity contribution in [1.82, 2.24) is 0 Å².